The zero-order chi connectivity index (χ0) is 21.8. The molecule has 1 heterocycles. The molecule has 0 fully saturated rings. The van der Waals surface area contributed by atoms with Crippen LogP contribution >= 0.6 is 11.6 Å². The highest BCUT2D eigenvalue weighted by molar-refractivity contribution is 6.30. The molecule has 0 aliphatic carbocycles. The van der Waals surface area contributed by atoms with Crippen LogP contribution in [0, 0.1) is 12.7 Å². The second-order valence-corrected chi connectivity index (χ2v) is 6.84. The van der Waals surface area contributed by atoms with Crippen molar-refractivity contribution in [1.82, 2.24) is 9.78 Å². The summed E-state index contributed by atoms with van der Waals surface area (Å²) in [6.07, 6.45) is -1.31. The zero-order valence-corrected chi connectivity index (χ0v) is 16.8. The number of hydrogen-bond acceptors (Lipinski definition) is 5. The van der Waals surface area contributed by atoms with Crippen molar-refractivity contribution in [3.05, 3.63) is 87.0 Å². The first-order valence-corrected chi connectivity index (χ1v) is 9.27. The highest BCUT2D eigenvalue weighted by Crippen LogP contribution is 2.19. The summed E-state index contributed by atoms with van der Waals surface area (Å²) in [5, 5.41) is 6.56. The van der Waals surface area contributed by atoms with Gasteiger partial charge in [0.15, 0.2) is 6.10 Å². The Hall–Kier alpha value is -3.52. The zero-order valence-electron chi connectivity index (χ0n) is 16.1. The molecule has 1 aromatic heterocycles. The quantitative estimate of drug-likeness (QED) is 0.627. The first kappa shape index (κ1) is 21.2. The second kappa shape index (κ2) is 8.87. The molecule has 0 spiro atoms. The minimum Gasteiger partial charge on any atom is -0.448 e. The van der Waals surface area contributed by atoms with Crippen LogP contribution in [0.1, 0.15) is 23.1 Å². The van der Waals surface area contributed by atoms with Crippen molar-refractivity contribution in [1.29, 1.82) is 0 Å². The van der Waals surface area contributed by atoms with E-state index in [1.165, 1.54) is 29.8 Å². The Labute approximate surface area is 176 Å². The Balaban J connectivity index is 1.78. The number of benzene rings is 2. The number of ether oxygens (including phenoxy) is 1. The lowest BCUT2D eigenvalue weighted by Crippen LogP contribution is -2.33. The van der Waals surface area contributed by atoms with E-state index in [1.54, 1.807) is 31.2 Å². The SMILES string of the molecule is Cc1cc(=O)c(C(=O)OC(C)C(=O)Nc2ccc(Cl)cc2F)nn1-c1ccccc1. The summed E-state index contributed by atoms with van der Waals surface area (Å²) in [7, 11) is 0. The van der Waals surface area contributed by atoms with Crippen molar-refractivity contribution in [3.8, 4) is 5.69 Å². The van der Waals surface area contributed by atoms with E-state index < -0.39 is 34.9 Å². The molecule has 2 aromatic carbocycles. The van der Waals surface area contributed by atoms with Crippen molar-refractivity contribution in [3.63, 3.8) is 0 Å². The van der Waals surface area contributed by atoms with Crippen LogP contribution in [0.15, 0.2) is 59.4 Å². The van der Waals surface area contributed by atoms with Crippen LogP contribution in [0.3, 0.4) is 0 Å². The monoisotopic (exact) mass is 429 g/mol. The summed E-state index contributed by atoms with van der Waals surface area (Å²) in [6.45, 7) is 2.97. The number of rotatable bonds is 5. The van der Waals surface area contributed by atoms with Crippen LogP contribution < -0.4 is 10.7 Å². The van der Waals surface area contributed by atoms with Gasteiger partial charge in [-0.3, -0.25) is 9.59 Å². The fraction of sp³-hybridized carbons (Fsp3) is 0.143. The van der Waals surface area contributed by atoms with E-state index in [1.807, 2.05) is 6.07 Å². The van der Waals surface area contributed by atoms with Gasteiger partial charge < -0.3 is 10.1 Å². The number of aromatic nitrogens is 2. The lowest BCUT2D eigenvalue weighted by molar-refractivity contribution is -0.123. The molecule has 30 heavy (non-hydrogen) atoms. The van der Waals surface area contributed by atoms with E-state index >= 15 is 0 Å². The number of nitrogens with zero attached hydrogens (tertiary/aromatic N) is 2. The molecule has 0 aliphatic heterocycles. The minimum atomic E-state index is -1.31. The molecule has 7 nitrogen and oxygen atoms in total. The smallest absolute Gasteiger partial charge is 0.363 e. The molecule has 3 rings (SSSR count). The Morgan fingerprint density at radius 1 is 1.17 bits per heavy atom. The maximum Gasteiger partial charge on any atom is 0.363 e. The molecule has 1 unspecified atom stereocenters. The van der Waals surface area contributed by atoms with Crippen LogP contribution in [-0.4, -0.2) is 27.8 Å². The predicted molar refractivity (Wildman–Crippen MR) is 109 cm³/mol. The number of carbonyl (C=O) groups is 2. The highest BCUT2D eigenvalue weighted by atomic mass is 35.5. The van der Waals surface area contributed by atoms with Crippen molar-refractivity contribution >= 4 is 29.2 Å². The van der Waals surface area contributed by atoms with Crippen LogP contribution in [0.2, 0.25) is 5.02 Å². The number of halogens is 2. The number of para-hydroxylation sites is 1. The van der Waals surface area contributed by atoms with E-state index in [0.29, 0.717) is 11.4 Å². The van der Waals surface area contributed by atoms with Gasteiger partial charge in [0, 0.05) is 16.8 Å². The number of hydrogen-bond donors (Lipinski definition) is 1. The molecule has 1 amide bonds. The molecule has 154 valence electrons. The van der Waals surface area contributed by atoms with Gasteiger partial charge in [-0.1, -0.05) is 29.8 Å². The van der Waals surface area contributed by atoms with E-state index in [-0.39, 0.29) is 10.7 Å². The third-order valence-corrected chi connectivity index (χ3v) is 4.38. The maximum absolute atomic E-state index is 13.8. The molecule has 0 saturated carbocycles. The van der Waals surface area contributed by atoms with Gasteiger partial charge in [0.25, 0.3) is 5.91 Å². The van der Waals surface area contributed by atoms with Gasteiger partial charge in [-0.05, 0) is 44.2 Å². The molecule has 3 aromatic rings. The summed E-state index contributed by atoms with van der Waals surface area (Å²) >= 11 is 5.68. The van der Waals surface area contributed by atoms with Crippen LogP contribution in [0.4, 0.5) is 10.1 Å². The van der Waals surface area contributed by atoms with Crippen LogP contribution in [-0.2, 0) is 9.53 Å². The molecular weight excluding hydrogens is 413 g/mol. The maximum atomic E-state index is 13.8. The van der Waals surface area contributed by atoms with Gasteiger partial charge in [0.1, 0.15) is 5.82 Å². The Bertz CT molecular complexity index is 1160. The number of carbonyl (C=O) groups excluding carboxylic acids is 2. The van der Waals surface area contributed by atoms with Crippen LogP contribution in [0.25, 0.3) is 5.69 Å². The number of esters is 1. The topological polar surface area (TPSA) is 90.3 Å². The first-order chi connectivity index (χ1) is 14.3. The normalized spacial score (nSPS) is 11.6. The fourth-order valence-electron chi connectivity index (χ4n) is 2.61. The highest BCUT2D eigenvalue weighted by Gasteiger charge is 2.23. The molecule has 9 heteroatoms. The number of anilines is 1. The standard InChI is InChI=1S/C21H17ClFN3O4/c1-12-10-18(27)19(25-26(12)15-6-4-3-5-7-15)21(29)30-13(2)20(28)24-17-9-8-14(22)11-16(17)23/h3-11,13H,1-2H3,(H,24,28). The molecule has 0 bridgehead atoms. The largest absolute Gasteiger partial charge is 0.448 e. The van der Waals surface area contributed by atoms with Crippen molar-refractivity contribution in [2.45, 2.75) is 20.0 Å². The number of nitrogens with one attached hydrogen (secondary N) is 1. The van der Waals surface area contributed by atoms with E-state index in [4.69, 9.17) is 16.3 Å². The second-order valence-electron chi connectivity index (χ2n) is 6.41. The predicted octanol–water partition coefficient (Wildman–Crippen LogP) is 3.52. The third kappa shape index (κ3) is 4.72. The van der Waals surface area contributed by atoms with Crippen molar-refractivity contribution in [2.24, 2.45) is 0 Å². The van der Waals surface area contributed by atoms with Gasteiger partial charge in [-0.2, -0.15) is 5.10 Å². The van der Waals surface area contributed by atoms with Gasteiger partial charge in [-0.25, -0.2) is 13.9 Å². The van der Waals surface area contributed by atoms with Gasteiger partial charge in [0.05, 0.1) is 11.4 Å². The molecule has 1 atom stereocenters. The van der Waals surface area contributed by atoms with E-state index in [9.17, 15) is 18.8 Å². The number of amides is 1. The molecule has 0 radical (unpaired) electrons. The molecular formula is C21H17ClFN3O4. The van der Waals surface area contributed by atoms with Gasteiger partial charge >= 0.3 is 5.97 Å². The molecule has 1 N–H and O–H groups in total. The fourth-order valence-corrected chi connectivity index (χ4v) is 2.77. The molecule has 0 saturated heterocycles. The number of aryl methyl sites for hydroxylation is 1. The average molecular weight is 430 g/mol. The lowest BCUT2D eigenvalue weighted by Gasteiger charge is -2.15. The Kier molecular flexibility index (Phi) is 6.27. The molecule has 0 aliphatic rings. The minimum absolute atomic E-state index is 0.118. The average Bonchev–Trinajstić information content (AvgIpc) is 2.70. The summed E-state index contributed by atoms with van der Waals surface area (Å²) in [4.78, 5) is 37.0. The van der Waals surface area contributed by atoms with E-state index in [0.717, 1.165) is 6.07 Å². The van der Waals surface area contributed by atoms with Crippen LogP contribution in [0.5, 0.6) is 0 Å². The van der Waals surface area contributed by atoms with Gasteiger partial charge in [-0.15, -0.1) is 0 Å². The lowest BCUT2D eigenvalue weighted by atomic mass is 10.2. The summed E-state index contributed by atoms with van der Waals surface area (Å²) < 4.78 is 20.3. The van der Waals surface area contributed by atoms with Crippen molar-refractivity contribution < 1.29 is 18.7 Å². The first-order valence-electron chi connectivity index (χ1n) is 8.89. The third-order valence-electron chi connectivity index (χ3n) is 4.14. The van der Waals surface area contributed by atoms with Crippen molar-refractivity contribution in [2.75, 3.05) is 5.32 Å². The van der Waals surface area contributed by atoms with Gasteiger partial charge in [0.2, 0.25) is 11.1 Å². The van der Waals surface area contributed by atoms with E-state index in [2.05, 4.69) is 10.4 Å². The Morgan fingerprint density at radius 3 is 2.53 bits per heavy atom. The Morgan fingerprint density at radius 2 is 1.87 bits per heavy atom. The summed E-state index contributed by atoms with van der Waals surface area (Å²) in [5.41, 5.74) is -0.0604. The summed E-state index contributed by atoms with van der Waals surface area (Å²) in [6, 6.07) is 13.9. The summed E-state index contributed by atoms with van der Waals surface area (Å²) in [5.74, 6) is -2.58.